The smallest absolute Gasteiger partial charge is 0.243 e. The normalized spacial score (nSPS) is 19.1. The average molecular weight is 320 g/mol. The van der Waals surface area contributed by atoms with Crippen LogP contribution in [0.1, 0.15) is 13.3 Å². The highest BCUT2D eigenvalue weighted by atomic mass is 32.2. The molecule has 0 bridgehead atoms. The standard InChI is InChI=1S/C16H20N2O3S/c1-2-18(11-13-7-9-21-12-13)22(19,20)15-5-6-16-14(10-15)4-3-8-17-16/h3-6,8,10,13H,2,7,9,11-12H2,1H3/t13-/m0/s1. The lowest BCUT2D eigenvalue weighted by Gasteiger charge is -2.23. The van der Waals surface area contributed by atoms with Crippen molar-refractivity contribution in [2.75, 3.05) is 26.3 Å². The van der Waals surface area contributed by atoms with Crippen molar-refractivity contribution >= 4 is 20.9 Å². The van der Waals surface area contributed by atoms with Crippen molar-refractivity contribution in [3.8, 4) is 0 Å². The summed E-state index contributed by atoms with van der Waals surface area (Å²) in [5.41, 5.74) is 0.800. The van der Waals surface area contributed by atoms with Crippen molar-refractivity contribution in [2.24, 2.45) is 5.92 Å². The van der Waals surface area contributed by atoms with E-state index in [0.29, 0.717) is 24.6 Å². The minimum absolute atomic E-state index is 0.289. The van der Waals surface area contributed by atoms with E-state index in [0.717, 1.165) is 23.9 Å². The van der Waals surface area contributed by atoms with Crippen molar-refractivity contribution in [1.82, 2.24) is 9.29 Å². The molecule has 0 spiro atoms. The van der Waals surface area contributed by atoms with Crippen LogP contribution in [0.15, 0.2) is 41.4 Å². The first-order valence-corrected chi connectivity index (χ1v) is 8.98. The first-order valence-electron chi connectivity index (χ1n) is 7.54. The van der Waals surface area contributed by atoms with Crippen molar-refractivity contribution in [2.45, 2.75) is 18.2 Å². The van der Waals surface area contributed by atoms with Gasteiger partial charge in [-0.2, -0.15) is 4.31 Å². The lowest BCUT2D eigenvalue weighted by molar-refractivity contribution is 0.181. The van der Waals surface area contributed by atoms with E-state index in [1.165, 1.54) is 0 Å². The molecule has 0 N–H and O–H groups in total. The minimum atomic E-state index is -3.48. The zero-order chi connectivity index (χ0) is 15.6. The maximum atomic E-state index is 12.9. The summed E-state index contributed by atoms with van der Waals surface area (Å²) in [5, 5.41) is 0.837. The summed E-state index contributed by atoms with van der Waals surface area (Å²) in [6, 6.07) is 8.79. The Kier molecular flexibility index (Phi) is 4.42. The Morgan fingerprint density at radius 2 is 2.23 bits per heavy atom. The van der Waals surface area contributed by atoms with Crippen molar-refractivity contribution in [1.29, 1.82) is 0 Å². The second kappa shape index (κ2) is 6.32. The molecule has 1 aliphatic heterocycles. The van der Waals surface area contributed by atoms with Crippen LogP contribution in [0.25, 0.3) is 10.9 Å². The predicted octanol–water partition coefficient (Wildman–Crippen LogP) is 2.28. The molecule has 1 atom stereocenters. The Morgan fingerprint density at radius 3 is 2.95 bits per heavy atom. The summed E-state index contributed by atoms with van der Waals surface area (Å²) in [6.45, 7) is 4.22. The van der Waals surface area contributed by atoms with Gasteiger partial charge >= 0.3 is 0 Å². The second-order valence-corrected chi connectivity index (χ2v) is 7.48. The minimum Gasteiger partial charge on any atom is -0.381 e. The molecular weight excluding hydrogens is 300 g/mol. The quantitative estimate of drug-likeness (QED) is 0.848. The Morgan fingerprint density at radius 1 is 1.36 bits per heavy atom. The molecule has 0 radical (unpaired) electrons. The number of fused-ring (bicyclic) bond motifs is 1. The number of benzene rings is 1. The van der Waals surface area contributed by atoms with Crippen molar-refractivity contribution in [3.05, 3.63) is 36.5 Å². The Balaban J connectivity index is 1.91. The highest BCUT2D eigenvalue weighted by Crippen LogP contribution is 2.23. The first-order chi connectivity index (χ1) is 10.6. The number of hydrogen-bond acceptors (Lipinski definition) is 4. The third kappa shape index (κ3) is 2.99. The first kappa shape index (κ1) is 15.4. The Labute approximate surface area is 131 Å². The Hall–Kier alpha value is -1.50. The Bertz CT molecular complexity index is 755. The molecule has 22 heavy (non-hydrogen) atoms. The van der Waals surface area contributed by atoms with Gasteiger partial charge in [0.15, 0.2) is 0 Å². The zero-order valence-electron chi connectivity index (χ0n) is 12.6. The van der Waals surface area contributed by atoms with Crippen LogP contribution >= 0.6 is 0 Å². The van der Waals surface area contributed by atoms with Gasteiger partial charge in [0.1, 0.15) is 0 Å². The number of nitrogens with zero attached hydrogens (tertiary/aromatic N) is 2. The van der Waals surface area contributed by atoms with E-state index < -0.39 is 10.0 Å². The molecule has 2 heterocycles. The molecule has 3 rings (SSSR count). The van der Waals surface area contributed by atoms with Crippen LogP contribution in [0, 0.1) is 5.92 Å². The SMILES string of the molecule is CCN(C[C@@H]1CCOC1)S(=O)(=O)c1ccc2ncccc2c1. The molecule has 0 unspecified atom stereocenters. The number of sulfonamides is 1. The van der Waals surface area contributed by atoms with Crippen LogP contribution in [-0.4, -0.2) is 44.0 Å². The lowest BCUT2D eigenvalue weighted by Crippen LogP contribution is -2.35. The van der Waals surface area contributed by atoms with Crippen LogP contribution in [0.2, 0.25) is 0 Å². The molecule has 1 aromatic heterocycles. The van der Waals surface area contributed by atoms with Gasteiger partial charge < -0.3 is 4.74 Å². The maximum absolute atomic E-state index is 12.9. The number of rotatable bonds is 5. The molecule has 0 saturated carbocycles. The number of ether oxygens (including phenoxy) is 1. The average Bonchev–Trinajstić information content (AvgIpc) is 3.05. The van der Waals surface area contributed by atoms with Gasteiger partial charge in [0.25, 0.3) is 0 Å². The van der Waals surface area contributed by atoms with Gasteiger partial charge in [0.05, 0.1) is 17.0 Å². The highest BCUT2D eigenvalue weighted by molar-refractivity contribution is 7.89. The van der Waals surface area contributed by atoms with Crippen molar-refractivity contribution in [3.63, 3.8) is 0 Å². The molecule has 0 aliphatic carbocycles. The summed E-state index contributed by atoms with van der Waals surface area (Å²) in [5.74, 6) is 0.289. The van der Waals surface area contributed by atoms with E-state index in [1.807, 2.05) is 19.1 Å². The van der Waals surface area contributed by atoms with E-state index in [1.54, 1.807) is 28.7 Å². The fourth-order valence-corrected chi connectivity index (χ4v) is 4.34. The van der Waals surface area contributed by atoms with Crippen LogP contribution < -0.4 is 0 Å². The molecule has 1 aromatic carbocycles. The largest absolute Gasteiger partial charge is 0.381 e. The fraction of sp³-hybridized carbons (Fsp3) is 0.438. The number of pyridine rings is 1. The topological polar surface area (TPSA) is 59.5 Å². The molecule has 118 valence electrons. The van der Waals surface area contributed by atoms with E-state index in [-0.39, 0.29) is 5.92 Å². The molecule has 2 aromatic rings. The lowest BCUT2D eigenvalue weighted by atomic mass is 10.1. The van der Waals surface area contributed by atoms with Gasteiger partial charge in [0, 0.05) is 31.3 Å². The summed E-state index contributed by atoms with van der Waals surface area (Å²) in [6.07, 6.45) is 2.63. The molecular formula is C16H20N2O3S. The van der Waals surface area contributed by atoms with Crippen LogP contribution in [0.5, 0.6) is 0 Å². The van der Waals surface area contributed by atoms with Gasteiger partial charge in [-0.3, -0.25) is 4.98 Å². The molecule has 1 saturated heterocycles. The van der Waals surface area contributed by atoms with Crippen LogP contribution in [0.3, 0.4) is 0 Å². The molecule has 6 heteroatoms. The van der Waals surface area contributed by atoms with E-state index in [4.69, 9.17) is 4.74 Å². The van der Waals surface area contributed by atoms with Gasteiger partial charge in [-0.05, 0) is 36.6 Å². The fourth-order valence-electron chi connectivity index (χ4n) is 2.78. The third-order valence-electron chi connectivity index (χ3n) is 4.05. The monoisotopic (exact) mass is 320 g/mol. The predicted molar refractivity (Wildman–Crippen MR) is 85.1 cm³/mol. The van der Waals surface area contributed by atoms with E-state index >= 15 is 0 Å². The summed E-state index contributed by atoms with van der Waals surface area (Å²) < 4.78 is 32.6. The molecule has 1 aliphatic rings. The molecule has 1 fully saturated rings. The summed E-state index contributed by atoms with van der Waals surface area (Å²) in [7, 11) is -3.48. The highest BCUT2D eigenvalue weighted by Gasteiger charge is 2.27. The third-order valence-corrected chi connectivity index (χ3v) is 5.99. The molecule has 0 amide bonds. The van der Waals surface area contributed by atoms with Gasteiger partial charge in [-0.1, -0.05) is 13.0 Å². The van der Waals surface area contributed by atoms with Gasteiger partial charge in [0.2, 0.25) is 10.0 Å². The van der Waals surface area contributed by atoms with Crippen LogP contribution in [0.4, 0.5) is 0 Å². The summed E-state index contributed by atoms with van der Waals surface area (Å²) >= 11 is 0. The number of aromatic nitrogens is 1. The van der Waals surface area contributed by atoms with Gasteiger partial charge in [-0.25, -0.2) is 8.42 Å². The number of hydrogen-bond donors (Lipinski definition) is 0. The van der Waals surface area contributed by atoms with Gasteiger partial charge in [-0.15, -0.1) is 0 Å². The van der Waals surface area contributed by atoms with Crippen molar-refractivity contribution < 1.29 is 13.2 Å². The zero-order valence-corrected chi connectivity index (χ0v) is 13.4. The van der Waals surface area contributed by atoms with E-state index in [9.17, 15) is 8.42 Å². The molecule has 5 nitrogen and oxygen atoms in total. The van der Waals surface area contributed by atoms with E-state index in [2.05, 4.69) is 4.98 Å². The van der Waals surface area contributed by atoms with Crippen LogP contribution in [-0.2, 0) is 14.8 Å². The second-order valence-electron chi connectivity index (χ2n) is 5.54. The maximum Gasteiger partial charge on any atom is 0.243 e. The summed E-state index contributed by atoms with van der Waals surface area (Å²) in [4.78, 5) is 4.56.